The van der Waals surface area contributed by atoms with Gasteiger partial charge in [0.2, 0.25) is 0 Å². The van der Waals surface area contributed by atoms with Gasteiger partial charge in [-0.05, 0) is 0 Å². The molecule has 0 amide bonds. The molecule has 0 atom stereocenters. The molecule has 4 nitrogen and oxygen atoms in total. The Morgan fingerprint density at radius 3 is 2.62 bits per heavy atom. The Morgan fingerprint density at radius 1 is 1.62 bits per heavy atom. The predicted molar refractivity (Wildman–Crippen MR) is 52.0 cm³/mol. The van der Waals surface area contributed by atoms with E-state index in [4.69, 9.17) is 9.79 Å². The molecule has 0 aliphatic heterocycles. The maximum absolute atomic E-state index is 10.6. The topological polar surface area (TPSA) is 70.4 Å². The molecule has 0 bridgehead atoms. The van der Waals surface area contributed by atoms with Crippen molar-refractivity contribution in [2.75, 3.05) is 0 Å². The predicted octanol–water partition coefficient (Wildman–Crippen LogP) is 1.94. The molecule has 0 saturated carbocycles. The van der Waals surface area contributed by atoms with Crippen molar-refractivity contribution in [3.8, 4) is 0 Å². The Kier molecular flexibility index (Phi) is 3.24. The molecule has 0 saturated heterocycles. The molecule has 0 aliphatic carbocycles. The quantitative estimate of drug-likeness (QED) is 0.765. The zero-order valence-corrected chi connectivity index (χ0v) is 9.18. The van der Waals surface area contributed by atoms with E-state index in [1.165, 1.54) is 11.3 Å². The van der Waals surface area contributed by atoms with Crippen LogP contribution >= 0.6 is 18.9 Å². The summed E-state index contributed by atoms with van der Waals surface area (Å²) in [6.07, 6.45) is -0.254. The van der Waals surface area contributed by atoms with Crippen LogP contribution in [0.25, 0.3) is 0 Å². The van der Waals surface area contributed by atoms with Crippen LogP contribution in [0.4, 0.5) is 0 Å². The summed E-state index contributed by atoms with van der Waals surface area (Å²) in [6.45, 7) is 4.00. The molecule has 0 radical (unpaired) electrons. The second kappa shape index (κ2) is 3.88. The van der Waals surface area contributed by atoms with Crippen LogP contribution < -0.4 is 0 Å². The molecule has 1 aromatic heterocycles. The van der Waals surface area contributed by atoms with Crippen molar-refractivity contribution in [1.82, 2.24) is 4.98 Å². The van der Waals surface area contributed by atoms with E-state index in [-0.39, 0.29) is 6.16 Å². The summed E-state index contributed by atoms with van der Waals surface area (Å²) in [7, 11) is -3.96. The van der Waals surface area contributed by atoms with Crippen molar-refractivity contribution in [2.45, 2.75) is 25.9 Å². The Labute approximate surface area is 80.8 Å². The van der Waals surface area contributed by atoms with Crippen molar-refractivity contribution < 1.29 is 14.4 Å². The van der Waals surface area contributed by atoms with Gasteiger partial charge in [-0.3, -0.25) is 4.57 Å². The van der Waals surface area contributed by atoms with Crippen LogP contribution in [0.5, 0.6) is 0 Å². The number of hydrogen-bond acceptors (Lipinski definition) is 3. The lowest BCUT2D eigenvalue weighted by atomic mass is 10.2. The van der Waals surface area contributed by atoms with Crippen molar-refractivity contribution in [1.29, 1.82) is 0 Å². The Bertz CT molecular complexity index is 330. The first kappa shape index (κ1) is 10.9. The monoisotopic (exact) mass is 221 g/mol. The number of aromatic nitrogens is 1. The van der Waals surface area contributed by atoms with E-state index in [1.54, 1.807) is 5.38 Å². The van der Waals surface area contributed by atoms with Gasteiger partial charge in [-0.2, -0.15) is 0 Å². The summed E-state index contributed by atoms with van der Waals surface area (Å²) < 4.78 is 10.6. The first-order chi connectivity index (χ1) is 5.88. The van der Waals surface area contributed by atoms with Crippen LogP contribution in [0.1, 0.15) is 30.5 Å². The molecule has 6 heteroatoms. The standard InChI is InChI=1S/C7H12NO3PS/c1-5(2)7-8-6(4-13-7)3-12(9,10)11/h4-5H,3H2,1-2H3,(H2,9,10,11). The minimum Gasteiger partial charge on any atom is -0.324 e. The van der Waals surface area contributed by atoms with E-state index < -0.39 is 7.60 Å². The molecule has 1 rings (SSSR count). The number of rotatable bonds is 3. The molecule has 13 heavy (non-hydrogen) atoms. The van der Waals surface area contributed by atoms with Crippen LogP contribution in [-0.2, 0) is 10.7 Å². The summed E-state index contributed by atoms with van der Waals surface area (Å²) >= 11 is 1.44. The SMILES string of the molecule is CC(C)c1nc(CP(=O)(O)O)cs1. The second-order valence-electron chi connectivity index (χ2n) is 3.15. The third kappa shape index (κ3) is 3.56. The average molecular weight is 221 g/mol. The van der Waals surface area contributed by atoms with Crippen LogP contribution in [0.2, 0.25) is 0 Å². The van der Waals surface area contributed by atoms with Gasteiger partial charge < -0.3 is 9.79 Å². The van der Waals surface area contributed by atoms with Gasteiger partial charge in [0, 0.05) is 11.3 Å². The Balaban J connectivity index is 2.75. The molecule has 74 valence electrons. The lowest BCUT2D eigenvalue weighted by Crippen LogP contribution is -1.90. The van der Waals surface area contributed by atoms with Gasteiger partial charge in [0.15, 0.2) is 0 Å². The highest BCUT2D eigenvalue weighted by molar-refractivity contribution is 7.50. The minimum atomic E-state index is -3.96. The molecular formula is C7H12NO3PS. The fourth-order valence-electron chi connectivity index (χ4n) is 0.871. The van der Waals surface area contributed by atoms with Crippen molar-refractivity contribution >= 4 is 18.9 Å². The van der Waals surface area contributed by atoms with E-state index in [1.807, 2.05) is 13.8 Å². The van der Waals surface area contributed by atoms with Crippen molar-refractivity contribution in [2.24, 2.45) is 0 Å². The molecular weight excluding hydrogens is 209 g/mol. The summed E-state index contributed by atoms with van der Waals surface area (Å²) in [5, 5.41) is 2.62. The van der Waals surface area contributed by atoms with E-state index in [0.29, 0.717) is 11.6 Å². The zero-order chi connectivity index (χ0) is 10.1. The fraction of sp³-hybridized carbons (Fsp3) is 0.571. The normalized spacial score (nSPS) is 12.4. The smallest absolute Gasteiger partial charge is 0.324 e. The van der Waals surface area contributed by atoms with Gasteiger partial charge in [0.05, 0.1) is 16.9 Å². The number of thiazole rings is 1. The van der Waals surface area contributed by atoms with E-state index in [9.17, 15) is 4.57 Å². The van der Waals surface area contributed by atoms with Gasteiger partial charge in [-0.25, -0.2) is 4.98 Å². The maximum atomic E-state index is 10.6. The molecule has 0 unspecified atom stereocenters. The molecule has 1 aromatic rings. The first-order valence-corrected chi connectivity index (χ1v) is 6.55. The Morgan fingerprint density at radius 2 is 2.23 bits per heavy atom. The molecule has 0 spiro atoms. The Hall–Kier alpha value is -0.220. The lowest BCUT2D eigenvalue weighted by Gasteiger charge is -1.99. The van der Waals surface area contributed by atoms with Crippen LogP contribution in [0.3, 0.4) is 0 Å². The molecule has 0 fully saturated rings. The van der Waals surface area contributed by atoms with Gasteiger partial charge >= 0.3 is 7.60 Å². The molecule has 1 heterocycles. The third-order valence-corrected chi connectivity index (χ3v) is 3.36. The number of hydrogen-bond donors (Lipinski definition) is 2. The van der Waals surface area contributed by atoms with Crippen molar-refractivity contribution in [3.63, 3.8) is 0 Å². The van der Waals surface area contributed by atoms with Crippen molar-refractivity contribution in [3.05, 3.63) is 16.1 Å². The average Bonchev–Trinajstić information content (AvgIpc) is 2.31. The summed E-state index contributed by atoms with van der Waals surface area (Å²) in [5.74, 6) is 0.315. The zero-order valence-electron chi connectivity index (χ0n) is 7.47. The highest BCUT2D eigenvalue weighted by Gasteiger charge is 2.16. The lowest BCUT2D eigenvalue weighted by molar-refractivity contribution is 0.371. The summed E-state index contributed by atoms with van der Waals surface area (Å²) in [5.41, 5.74) is 0.488. The van der Waals surface area contributed by atoms with Gasteiger partial charge in [0.25, 0.3) is 0 Å². The maximum Gasteiger partial charge on any atom is 0.331 e. The largest absolute Gasteiger partial charge is 0.331 e. The fourth-order valence-corrected chi connectivity index (χ4v) is 2.41. The van der Waals surface area contributed by atoms with Gasteiger partial charge in [-0.1, -0.05) is 13.8 Å². The summed E-state index contributed by atoms with van der Waals surface area (Å²) in [6, 6.07) is 0. The van der Waals surface area contributed by atoms with Gasteiger partial charge in [-0.15, -0.1) is 11.3 Å². The van der Waals surface area contributed by atoms with Crippen LogP contribution in [0, 0.1) is 0 Å². The highest BCUT2D eigenvalue weighted by Crippen LogP contribution is 2.39. The molecule has 2 N–H and O–H groups in total. The minimum absolute atomic E-state index is 0.254. The second-order valence-corrected chi connectivity index (χ2v) is 5.69. The van der Waals surface area contributed by atoms with Crippen LogP contribution in [-0.4, -0.2) is 14.8 Å². The first-order valence-electron chi connectivity index (χ1n) is 3.87. The highest BCUT2D eigenvalue weighted by atomic mass is 32.1. The number of nitrogens with zero attached hydrogens (tertiary/aromatic N) is 1. The molecule has 0 aromatic carbocycles. The third-order valence-electron chi connectivity index (χ3n) is 1.43. The van der Waals surface area contributed by atoms with E-state index >= 15 is 0 Å². The molecule has 0 aliphatic rings. The van der Waals surface area contributed by atoms with E-state index in [0.717, 1.165) is 5.01 Å². The van der Waals surface area contributed by atoms with Crippen LogP contribution in [0.15, 0.2) is 5.38 Å². The summed E-state index contributed by atoms with van der Waals surface area (Å²) in [4.78, 5) is 21.5. The van der Waals surface area contributed by atoms with Gasteiger partial charge in [0.1, 0.15) is 0 Å². The van der Waals surface area contributed by atoms with E-state index in [2.05, 4.69) is 4.98 Å².